The van der Waals surface area contributed by atoms with Crippen LogP contribution >= 0.6 is 0 Å². The summed E-state index contributed by atoms with van der Waals surface area (Å²) in [6.45, 7) is 0. The first-order valence-electron chi connectivity index (χ1n) is 5.63. The molecule has 0 amide bonds. The summed E-state index contributed by atoms with van der Waals surface area (Å²) in [5, 5.41) is 5.14. The van der Waals surface area contributed by atoms with E-state index in [1.807, 2.05) is 18.2 Å². The number of aryl methyl sites for hydroxylation is 1. The van der Waals surface area contributed by atoms with Crippen molar-refractivity contribution in [1.29, 1.82) is 0 Å². The largest absolute Gasteiger partial charge is 0.287 e. The maximum Gasteiger partial charge on any atom is 0.213 e. The van der Waals surface area contributed by atoms with Gasteiger partial charge in [0.05, 0.1) is 5.52 Å². The van der Waals surface area contributed by atoms with Crippen molar-refractivity contribution in [3.63, 3.8) is 0 Å². The highest BCUT2D eigenvalue weighted by atomic mass is 16.1. The molecule has 0 bridgehead atoms. The maximum atomic E-state index is 12.2. The molecular weight excluding hydrogens is 226 g/mol. The van der Waals surface area contributed by atoms with Gasteiger partial charge in [-0.15, -0.1) is 0 Å². The van der Waals surface area contributed by atoms with Crippen molar-refractivity contribution in [2.24, 2.45) is 7.05 Å². The number of ketones is 1. The zero-order valence-electron chi connectivity index (χ0n) is 9.87. The van der Waals surface area contributed by atoms with Crippen molar-refractivity contribution < 1.29 is 4.79 Å². The fraction of sp³-hybridized carbons (Fsp3) is 0.0714. The zero-order valence-corrected chi connectivity index (χ0v) is 9.87. The molecule has 0 fully saturated rings. The summed E-state index contributed by atoms with van der Waals surface area (Å²) < 4.78 is 1.62. The van der Waals surface area contributed by atoms with Gasteiger partial charge in [0, 0.05) is 30.4 Å². The molecular formula is C14H11N3O. The summed E-state index contributed by atoms with van der Waals surface area (Å²) in [4.78, 5) is 16.4. The van der Waals surface area contributed by atoms with E-state index >= 15 is 0 Å². The highest BCUT2D eigenvalue weighted by Crippen LogP contribution is 2.15. The minimum Gasteiger partial charge on any atom is -0.287 e. The predicted molar refractivity (Wildman–Crippen MR) is 68.4 cm³/mol. The summed E-state index contributed by atoms with van der Waals surface area (Å²) >= 11 is 0. The molecule has 1 aromatic carbocycles. The lowest BCUT2D eigenvalue weighted by atomic mass is 10.1. The molecule has 0 radical (unpaired) electrons. The van der Waals surface area contributed by atoms with Gasteiger partial charge in [0.25, 0.3) is 0 Å². The lowest BCUT2D eigenvalue weighted by Gasteiger charge is -2.00. The summed E-state index contributed by atoms with van der Waals surface area (Å²) in [5.74, 6) is -0.0804. The predicted octanol–water partition coefficient (Wildman–Crippen LogP) is 2.20. The number of carbonyl (C=O) groups excluding carboxylic acids is 1. The third kappa shape index (κ3) is 1.78. The summed E-state index contributed by atoms with van der Waals surface area (Å²) in [6.07, 6.45) is 3.48. The van der Waals surface area contributed by atoms with Crippen molar-refractivity contribution in [1.82, 2.24) is 14.8 Å². The molecule has 18 heavy (non-hydrogen) atoms. The van der Waals surface area contributed by atoms with Crippen molar-refractivity contribution in [2.45, 2.75) is 0 Å². The van der Waals surface area contributed by atoms with Gasteiger partial charge in [0.15, 0.2) is 0 Å². The molecule has 0 unspecified atom stereocenters. The van der Waals surface area contributed by atoms with Crippen LogP contribution in [0.2, 0.25) is 0 Å². The molecule has 4 heteroatoms. The summed E-state index contributed by atoms with van der Waals surface area (Å²) in [7, 11) is 1.79. The number of hydrogen-bond donors (Lipinski definition) is 0. The molecule has 3 aromatic rings. The number of fused-ring (bicyclic) bond motifs is 1. The van der Waals surface area contributed by atoms with Gasteiger partial charge in [-0.25, -0.2) is 0 Å². The van der Waals surface area contributed by atoms with E-state index in [0.29, 0.717) is 11.3 Å². The van der Waals surface area contributed by atoms with Gasteiger partial charge in [-0.05, 0) is 18.2 Å². The van der Waals surface area contributed by atoms with Crippen LogP contribution in [-0.4, -0.2) is 20.5 Å². The Bertz CT molecular complexity index is 730. The van der Waals surface area contributed by atoms with Gasteiger partial charge in [-0.1, -0.05) is 18.2 Å². The molecule has 2 heterocycles. The second-order valence-corrected chi connectivity index (χ2v) is 4.11. The van der Waals surface area contributed by atoms with Crippen LogP contribution in [0.4, 0.5) is 0 Å². The molecule has 2 aromatic heterocycles. The number of rotatable bonds is 2. The number of hydrogen-bond acceptors (Lipinski definition) is 3. The van der Waals surface area contributed by atoms with Crippen molar-refractivity contribution >= 4 is 16.7 Å². The maximum absolute atomic E-state index is 12.2. The molecule has 0 spiro atoms. The molecule has 3 rings (SSSR count). The van der Waals surface area contributed by atoms with Gasteiger partial charge >= 0.3 is 0 Å². The topological polar surface area (TPSA) is 47.8 Å². The van der Waals surface area contributed by atoms with E-state index in [9.17, 15) is 4.79 Å². The average Bonchev–Trinajstić information content (AvgIpc) is 2.84. The SMILES string of the molecule is Cn1ccc(C(=O)c2ccc3cccnc3c2)n1. The Morgan fingerprint density at radius 1 is 1.22 bits per heavy atom. The van der Waals surface area contributed by atoms with E-state index in [1.165, 1.54) is 0 Å². The number of aromatic nitrogens is 3. The Labute approximate surface area is 104 Å². The monoisotopic (exact) mass is 237 g/mol. The highest BCUT2D eigenvalue weighted by molar-refractivity contribution is 6.09. The van der Waals surface area contributed by atoms with Gasteiger partial charge in [0.1, 0.15) is 5.69 Å². The van der Waals surface area contributed by atoms with E-state index < -0.39 is 0 Å². The Balaban J connectivity index is 2.06. The number of benzene rings is 1. The van der Waals surface area contributed by atoms with Crippen LogP contribution in [0.5, 0.6) is 0 Å². The zero-order chi connectivity index (χ0) is 12.5. The lowest BCUT2D eigenvalue weighted by Crippen LogP contribution is -2.03. The summed E-state index contributed by atoms with van der Waals surface area (Å²) in [6, 6.07) is 11.1. The fourth-order valence-electron chi connectivity index (χ4n) is 1.89. The van der Waals surface area contributed by atoms with Gasteiger partial charge in [-0.2, -0.15) is 5.10 Å². The molecule has 0 saturated heterocycles. The second-order valence-electron chi connectivity index (χ2n) is 4.11. The fourth-order valence-corrected chi connectivity index (χ4v) is 1.89. The van der Waals surface area contributed by atoms with Crippen LogP contribution in [0.3, 0.4) is 0 Å². The quantitative estimate of drug-likeness (QED) is 0.642. The van der Waals surface area contributed by atoms with Gasteiger partial charge in [-0.3, -0.25) is 14.5 Å². The normalized spacial score (nSPS) is 10.7. The van der Waals surface area contributed by atoms with Crippen LogP contribution in [0, 0.1) is 0 Å². The third-order valence-corrected chi connectivity index (χ3v) is 2.81. The Hall–Kier alpha value is -2.49. The van der Waals surface area contributed by atoms with Crippen molar-refractivity contribution in [3.8, 4) is 0 Å². The van der Waals surface area contributed by atoms with Gasteiger partial charge < -0.3 is 0 Å². The molecule has 0 atom stereocenters. The Morgan fingerprint density at radius 2 is 2.11 bits per heavy atom. The molecule has 0 N–H and O–H groups in total. The van der Waals surface area contributed by atoms with E-state index in [-0.39, 0.29) is 5.78 Å². The van der Waals surface area contributed by atoms with Gasteiger partial charge in [0.2, 0.25) is 5.78 Å². The molecule has 0 saturated carbocycles. The number of nitrogens with zero attached hydrogens (tertiary/aromatic N) is 3. The Kier molecular flexibility index (Phi) is 2.41. The standard InChI is InChI=1S/C14H11N3O/c1-17-8-6-12(16-17)14(18)11-5-4-10-3-2-7-15-13(10)9-11/h2-9H,1H3. The van der Waals surface area contributed by atoms with Crippen LogP contribution in [0.25, 0.3) is 10.9 Å². The average molecular weight is 237 g/mol. The summed E-state index contributed by atoms with van der Waals surface area (Å²) in [5.41, 5.74) is 1.88. The molecule has 0 aliphatic carbocycles. The third-order valence-electron chi connectivity index (χ3n) is 2.81. The minimum absolute atomic E-state index is 0.0804. The van der Waals surface area contributed by atoms with Crippen molar-refractivity contribution in [2.75, 3.05) is 0 Å². The molecule has 88 valence electrons. The number of pyridine rings is 1. The van der Waals surface area contributed by atoms with Crippen LogP contribution in [0.1, 0.15) is 16.1 Å². The first-order chi connectivity index (χ1) is 8.74. The minimum atomic E-state index is -0.0804. The first-order valence-corrected chi connectivity index (χ1v) is 5.63. The smallest absolute Gasteiger partial charge is 0.213 e. The molecule has 0 aliphatic heterocycles. The van der Waals surface area contributed by atoms with Crippen molar-refractivity contribution in [3.05, 3.63) is 60.0 Å². The Morgan fingerprint density at radius 3 is 2.89 bits per heavy atom. The lowest BCUT2D eigenvalue weighted by molar-refractivity contribution is 0.103. The second kappa shape index (κ2) is 4.07. The van der Waals surface area contributed by atoms with Crippen LogP contribution < -0.4 is 0 Å². The number of carbonyl (C=O) groups is 1. The van der Waals surface area contributed by atoms with E-state index in [4.69, 9.17) is 0 Å². The van der Waals surface area contributed by atoms with Crippen LogP contribution in [-0.2, 0) is 7.05 Å². The van der Waals surface area contributed by atoms with E-state index in [0.717, 1.165) is 10.9 Å². The van der Waals surface area contributed by atoms with E-state index in [2.05, 4.69) is 10.1 Å². The highest BCUT2D eigenvalue weighted by Gasteiger charge is 2.12. The first kappa shape index (κ1) is 10.7. The van der Waals surface area contributed by atoms with Crippen LogP contribution in [0.15, 0.2) is 48.8 Å². The molecule has 0 aliphatic rings. The molecule has 4 nitrogen and oxygen atoms in total. The van der Waals surface area contributed by atoms with E-state index in [1.54, 1.807) is 42.3 Å².